The molecule has 0 saturated carbocycles. The van der Waals surface area contributed by atoms with Gasteiger partial charge in [0.25, 0.3) is 0 Å². The quantitative estimate of drug-likeness (QED) is 0.851. The maximum absolute atomic E-state index is 5.92. The van der Waals surface area contributed by atoms with E-state index in [0.29, 0.717) is 23.9 Å². The molecule has 0 aliphatic rings. The summed E-state index contributed by atoms with van der Waals surface area (Å²) < 4.78 is 5.19. The topological polar surface area (TPSA) is 64.9 Å². The smallest absolute Gasteiger partial charge is 0.228 e. The van der Waals surface area contributed by atoms with Crippen LogP contribution in [0.15, 0.2) is 33.7 Å². The highest BCUT2D eigenvalue weighted by atomic mass is 32.2. The van der Waals surface area contributed by atoms with E-state index in [9.17, 15) is 0 Å². The predicted molar refractivity (Wildman–Crippen MR) is 77.0 cm³/mol. The number of benzene rings is 1. The van der Waals surface area contributed by atoms with Gasteiger partial charge in [0.15, 0.2) is 5.82 Å². The second-order valence-electron chi connectivity index (χ2n) is 5.37. The highest BCUT2D eigenvalue weighted by molar-refractivity contribution is 7.98. The first-order valence-electron chi connectivity index (χ1n) is 6.22. The fourth-order valence-electron chi connectivity index (χ4n) is 1.59. The third-order valence-corrected chi connectivity index (χ3v) is 3.51. The molecule has 1 heterocycles. The van der Waals surface area contributed by atoms with Gasteiger partial charge in [0, 0.05) is 16.9 Å². The van der Waals surface area contributed by atoms with Gasteiger partial charge >= 0.3 is 0 Å². The summed E-state index contributed by atoms with van der Waals surface area (Å²) in [5.74, 6) is 2.02. The molecular weight excluding hydrogens is 258 g/mol. The van der Waals surface area contributed by atoms with Gasteiger partial charge in [0.05, 0.1) is 5.75 Å². The predicted octanol–water partition coefficient (Wildman–Crippen LogP) is 2.95. The molecule has 0 fully saturated rings. The third kappa shape index (κ3) is 4.69. The molecule has 2 aromatic rings. The third-order valence-electron chi connectivity index (χ3n) is 2.51. The number of hydrogen-bond donors (Lipinski definition) is 1. The van der Waals surface area contributed by atoms with Gasteiger partial charge in [0.2, 0.25) is 5.89 Å². The van der Waals surface area contributed by atoms with Gasteiger partial charge in [-0.1, -0.05) is 22.9 Å². The first-order valence-corrected chi connectivity index (χ1v) is 7.21. The highest BCUT2D eigenvalue weighted by Crippen LogP contribution is 2.22. The molecule has 5 heteroatoms. The fourth-order valence-corrected chi connectivity index (χ4v) is 2.33. The van der Waals surface area contributed by atoms with Crippen LogP contribution in [-0.2, 0) is 12.2 Å². The molecule has 2 rings (SSSR count). The van der Waals surface area contributed by atoms with E-state index in [1.165, 1.54) is 10.5 Å². The van der Waals surface area contributed by atoms with Crippen molar-refractivity contribution < 1.29 is 4.52 Å². The first-order chi connectivity index (χ1) is 8.92. The monoisotopic (exact) mass is 277 g/mol. The van der Waals surface area contributed by atoms with Crippen LogP contribution in [0.3, 0.4) is 0 Å². The molecule has 0 aliphatic heterocycles. The minimum absolute atomic E-state index is 0.325. The maximum atomic E-state index is 5.92. The van der Waals surface area contributed by atoms with E-state index in [2.05, 4.69) is 41.3 Å². The molecule has 102 valence electrons. The molecule has 19 heavy (non-hydrogen) atoms. The van der Waals surface area contributed by atoms with Gasteiger partial charge < -0.3 is 10.3 Å². The molecule has 2 N–H and O–H groups in total. The van der Waals surface area contributed by atoms with Crippen molar-refractivity contribution in [3.8, 4) is 0 Å². The van der Waals surface area contributed by atoms with Crippen molar-refractivity contribution in [2.45, 2.75) is 43.4 Å². The van der Waals surface area contributed by atoms with E-state index in [1.807, 2.05) is 13.8 Å². The Kier molecular flexibility index (Phi) is 4.27. The van der Waals surface area contributed by atoms with Crippen LogP contribution in [0, 0.1) is 6.92 Å². The largest absolute Gasteiger partial charge is 0.339 e. The molecule has 0 bridgehead atoms. The number of aryl methyl sites for hydroxylation is 1. The molecule has 0 saturated heterocycles. The highest BCUT2D eigenvalue weighted by Gasteiger charge is 2.17. The molecule has 0 spiro atoms. The summed E-state index contributed by atoms with van der Waals surface area (Å²) in [6, 6.07) is 8.40. The first kappa shape index (κ1) is 14.1. The molecule has 0 unspecified atom stereocenters. The summed E-state index contributed by atoms with van der Waals surface area (Å²) >= 11 is 1.70. The zero-order chi connectivity index (χ0) is 13.9. The lowest BCUT2D eigenvalue weighted by atomic mass is 10.0. The van der Waals surface area contributed by atoms with Crippen LogP contribution < -0.4 is 5.73 Å². The van der Waals surface area contributed by atoms with Crippen molar-refractivity contribution in [2.75, 3.05) is 0 Å². The zero-order valence-electron chi connectivity index (χ0n) is 11.5. The van der Waals surface area contributed by atoms with Crippen molar-refractivity contribution in [3.05, 3.63) is 41.5 Å². The lowest BCUT2D eigenvalue weighted by Crippen LogP contribution is -2.34. The van der Waals surface area contributed by atoms with Crippen molar-refractivity contribution in [2.24, 2.45) is 5.73 Å². The molecule has 0 atom stereocenters. The Bertz CT molecular complexity index is 528. The average molecular weight is 277 g/mol. The number of thioether (sulfide) groups is 1. The fraction of sp³-hybridized carbons (Fsp3) is 0.429. The lowest BCUT2D eigenvalue weighted by Gasteiger charge is -2.14. The minimum atomic E-state index is -0.325. The van der Waals surface area contributed by atoms with Crippen LogP contribution in [0.25, 0.3) is 0 Å². The second kappa shape index (κ2) is 5.75. The van der Waals surface area contributed by atoms with Crippen molar-refractivity contribution in [1.29, 1.82) is 0 Å². The van der Waals surface area contributed by atoms with Crippen LogP contribution in [0.2, 0.25) is 0 Å². The summed E-state index contributed by atoms with van der Waals surface area (Å²) in [7, 11) is 0. The van der Waals surface area contributed by atoms with E-state index in [1.54, 1.807) is 11.8 Å². The van der Waals surface area contributed by atoms with Gasteiger partial charge in [-0.25, -0.2) is 0 Å². The molecule has 0 aliphatic carbocycles. The molecule has 0 radical (unpaired) electrons. The Morgan fingerprint density at radius 2 is 1.95 bits per heavy atom. The van der Waals surface area contributed by atoms with Crippen LogP contribution in [0.1, 0.15) is 31.1 Å². The SMILES string of the molecule is Cc1ccc(SCc2noc(CC(C)(C)N)n2)cc1. The van der Waals surface area contributed by atoms with E-state index in [0.717, 1.165) is 0 Å². The van der Waals surface area contributed by atoms with Gasteiger partial charge in [-0.2, -0.15) is 4.98 Å². The molecule has 0 amide bonds. The van der Waals surface area contributed by atoms with Crippen molar-refractivity contribution >= 4 is 11.8 Å². The molecule has 4 nitrogen and oxygen atoms in total. The van der Waals surface area contributed by atoms with Gasteiger partial charge in [-0.3, -0.25) is 0 Å². The molecule has 1 aromatic heterocycles. The van der Waals surface area contributed by atoms with Crippen LogP contribution in [0.5, 0.6) is 0 Å². The Morgan fingerprint density at radius 1 is 1.26 bits per heavy atom. The van der Waals surface area contributed by atoms with E-state index >= 15 is 0 Å². The Morgan fingerprint density at radius 3 is 2.58 bits per heavy atom. The number of nitrogens with zero attached hydrogens (tertiary/aromatic N) is 2. The molecular formula is C14H19N3OS. The van der Waals surface area contributed by atoms with Crippen molar-refractivity contribution in [3.63, 3.8) is 0 Å². The zero-order valence-corrected chi connectivity index (χ0v) is 12.3. The normalized spacial score (nSPS) is 11.8. The van der Waals surface area contributed by atoms with Crippen LogP contribution in [-0.4, -0.2) is 15.7 Å². The summed E-state index contributed by atoms with van der Waals surface area (Å²) in [4.78, 5) is 5.55. The Labute approximate surface area is 117 Å². The Hall–Kier alpha value is -1.33. The summed E-state index contributed by atoms with van der Waals surface area (Å²) in [6.07, 6.45) is 0.592. The number of hydrogen-bond acceptors (Lipinski definition) is 5. The minimum Gasteiger partial charge on any atom is -0.339 e. The standard InChI is InChI=1S/C14H19N3OS/c1-10-4-6-11(7-5-10)19-9-12-16-13(18-17-12)8-14(2,3)15/h4-7H,8-9,15H2,1-3H3. The summed E-state index contributed by atoms with van der Waals surface area (Å²) in [6.45, 7) is 5.96. The number of nitrogens with two attached hydrogens (primary N) is 1. The van der Waals surface area contributed by atoms with Crippen LogP contribution >= 0.6 is 11.8 Å². The van der Waals surface area contributed by atoms with E-state index in [-0.39, 0.29) is 5.54 Å². The van der Waals surface area contributed by atoms with Gasteiger partial charge in [-0.15, -0.1) is 11.8 Å². The molecule has 1 aromatic carbocycles. The van der Waals surface area contributed by atoms with E-state index in [4.69, 9.17) is 10.3 Å². The van der Waals surface area contributed by atoms with Gasteiger partial charge in [-0.05, 0) is 32.9 Å². The summed E-state index contributed by atoms with van der Waals surface area (Å²) in [5, 5.41) is 3.97. The van der Waals surface area contributed by atoms with Crippen LogP contribution in [0.4, 0.5) is 0 Å². The second-order valence-corrected chi connectivity index (χ2v) is 6.42. The Balaban J connectivity index is 1.91. The van der Waals surface area contributed by atoms with Gasteiger partial charge in [0.1, 0.15) is 0 Å². The lowest BCUT2D eigenvalue weighted by molar-refractivity contribution is 0.345. The maximum Gasteiger partial charge on any atom is 0.228 e. The number of rotatable bonds is 5. The summed E-state index contributed by atoms with van der Waals surface area (Å²) in [5.41, 5.74) is 6.86. The van der Waals surface area contributed by atoms with E-state index < -0.39 is 0 Å². The van der Waals surface area contributed by atoms with Crippen molar-refractivity contribution in [1.82, 2.24) is 10.1 Å². The average Bonchev–Trinajstić information content (AvgIpc) is 2.73. The number of aromatic nitrogens is 2.